The third-order valence-corrected chi connectivity index (χ3v) is 5.16. The molecule has 0 N–H and O–H groups in total. The molecule has 20 heavy (non-hydrogen) atoms. The van der Waals surface area contributed by atoms with Gasteiger partial charge in [0.2, 0.25) is 0 Å². The zero-order chi connectivity index (χ0) is 15.5. The highest BCUT2D eigenvalue weighted by atomic mass is 16.7. The Kier molecular flexibility index (Phi) is 10.6. The van der Waals surface area contributed by atoms with Crippen LogP contribution in [0.4, 0.5) is 0 Å². The third kappa shape index (κ3) is 5.37. The highest BCUT2D eigenvalue weighted by Crippen LogP contribution is 2.46. The zero-order valence-electron chi connectivity index (χ0n) is 14.9. The fraction of sp³-hybridized carbons (Fsp3) is 1.00. The molecule has 0 aliphatic rings. The van der Waals surface area contributed by atoms with Gasteiger partial charge >= 0.3 is 0 Å². The maximum absolute atomic E-state index is 5.77. The molecule has 0 aliphatic heterocycles. The van der Waals surface area contributed by atoms with Crippen LogP contribution < -0.4 is 0 Å². The molecule has 2 heteroatoms. The molecule has 0 aromatic heterocycles. The van der Waals surface area contributed by atoms with Gasteiger partial charge in [-0.15, -0.1) is 0 Å². The number of methoxy groups -OCH3 is 2. The minimum absolute atomic E-state index is 0.149. The monoisotopic (exact) mass is 286 g/mol. The highest BCUT2D eigenvalue weighted by Gasteiger charge is 2.46. The van der Waals surface area contributed by atoms with Crippen LogP contribution in [0.2, 0.25) is 0 Å². The van der Waals surface area contributed by atoms with Crippen molar-refractivity contribution in [1.29, 1.82) is 0 Å². The Labute approximate surface area is 127 Å². The maximum Gasteiger partial charge on any atom is 0.170 e. The predicted octanol–water partition coefficient (Wildman–Crippen LogP) is 5.94. The molecule has 0 radical (unpaired) electrons. The lowest BCUT2D eigenvalue weighted by Crippen LogP contribution is -2.48. The van der Waals surface area contributed by atoms with Gasteiger partial charge in [0, 0.05) is 19.6 Å². The molecule has 1 atom stereocenters. The van der Waals surface area contributed by atoms with Gasteiger partial charge in [-0.3, -0.25) is 0 Å². The first-order chi connectivity index (χ1) is 9.55. The SMILES string of the molecule is CCCCCCCCC(CC)(CCC)C(C)(OC)OC. The lowest BCUT2D eigenvalue weighted by atomic mass is 9.70. The molecule has 0 bridgehead atoms. The topological polar surface area (TPSA) is 18.5 Å². The number of hydrogen-bond acceptors (Lipinski definition) is 2. The Morgan fingerprint density at radius 1 is 0.700 bits per heavy atom. The molecule has 0 saturated heterocycles. The van der Waals surface area contributed by atoms with Crippen molar-refractivity contribution in [2.75, 3.05) is 14.2 Å². The lowest BCUT2D eigenvalue weighted by Gasteiger charge is -2.46. The van der Waals surface area contributed by atoms with Crippen molar-refractivity contribution in [1.82, 2.24) is 0 Å². The standard InChI is InChI=1S/C18H38O2/c1-7-10-11-12-13-14-16-18(9-3,15-8-2)17(4,19-5)20-6/h7-16H2,1-6H3. The van der Waals surface area contributed by atoms with E-state index in [1.807, 2.05) is 0 Å². The van der Waals surface area contributed by atoms with Crippen molar-refractivity contribution in [3.05, 3.63) is 0 Å². The van der Waals surface area contributed by atoms with Gasteiger partial charge in [0.15, 0.2) is 5.79 Å². The zero-order valence-corrected chi connectivity index (χ0v) is 14.9. The van der Waals surface area contributed by atoms with Crippen molar-refractivity contribution < 1.29 is 9.47 Å². The van der Waals surface area contributed by atoms with E-state index >= 15 is 0 Å². The first kappa shape index (κ1) is 19.9. The van der Waals surface area contributed by atoms with Crippen molar-refractivity contribution in [2.24, 2.45) is 5.41 Å². The second-order valence-corrected chi connectivity index (χ2v) is 6.26. The Balaban J connectivity index is 4.54. The molecular formula is C18H38O2. The predicted molar refractivity (Wildman–Crippen MR) is 88.0 cm³/mol. The largest absolute Gasteiger partial charge is 0.353 e. The summed E-state index contributed by atoms with van der Waals surface area (Å²) in [5, 5.41) is 0. The molecule has 0 aliphatic carbocycles. The average molecular weight is 286 g/mol. The van der Waals surface area contributed by atoms with Gasteiger partial charge in [-0.25, -0.2) is 0 Å². The molecule has 1 unspecified atom stereocenters. The van der Waals surface area contributed by atoms with E-state index in [-0.39, 0.29) is 5.41 Å². The van der Waals surface area contributed by atoms with E-state index in [0.29, 0.717) is 0 Å². The number of rotatable bonds is 13. The average Bonchev–Trinajstić information content (AvgIpc) is 2.48. The van der Waals surface area contributed by atoms with Crippen LogP contribution in [0.3, 0.4) is 0 Å². The maximum atomic E-state index is 5.77. The molecule has 0 amide bonds. The van der Waals surface area contributed by atoms with Crippen molar-refractivity contribution in [3.8, 4) is 0 Å². The Morgan fingerprint density at radius 3 is 1.70 bits per heavy atom. The summed E-state index contributed by atoms with van der Waals surface area (Å²) in [5.41, 5.74) is 0.149. The van der Waals surface area contributed by atoms with Crippen LogP contribution in [0.5, 0.6) is 0 Å². The van der Waals surface area contributed by atoms with E-state index in [0.717, 1.165) is 6.42 Å². The molecule has 0 aromatic carbocycles. The molecule has 2 nitrogen and oxygen atoms in total. The fourth-order valence-electron chi connectivity index (χ4n) is 3.49. The first-order valence-corrected chi connectivity index (χ1v) is 8.66. The molecule has 0 saturated carbocycles. The van der Waals surface area contributed by atoms with Gasteiger partial charge in [0.1, 0.15) is 0 Å². The minimum Gasteiger partial charge on any atom is -0.353 e. The molecule has 122 valence electrons. The summed E-state index contributed by atoms with van der Waals surface area (Å²) in [4.78, 5) is 0. The van der Waals surface area contributed by atoms with Crippen molar-refractivity contribution in [3.63, 3.8) is 0 Å². The van der Waals surface area contributed by atoms with E-state index in [4.69, 9.17) is 9.47 Å². The van der Waals surface area contributed by atoms with Crippen molar-refractivity contribution in [2.45, 2.75) is 97.7 Å². The highest BCUT2D eigenvalue weighted by molar-refractivity contribution is 4.90. The normalized spacial score (nSPS) is 15.3. The van der Waals surface area contributed by atoms with E-state index in [1.165, 1.54) is 57.8 Å². The Bertz CT molecular complexity index is 223. The van der Waals surface area contributed by atoms with Gasteiger partial charge < -0.3 is 9.47 Å². The summed E-state index contributed by atoms with van der Waals surface area (Å²) in [6.07, 6.45) is 12.8. The van der Waals surface area contributed by atoms with Crippen LogP contribution in [0, 0.1) is 5.41 Å². The molecule has 0 fully saturated rings. The van der Waals surface area contributed by atoms with Crippen LogP contribution in [0.1, 0.15) is 91.9 Å². The lowest BCUT2D eigenvalue weighted by molar-refractivity contribution is -0.271. The van der Waals surface area contributed by atoms with Crippen LogP contribution in [0.15, 0.2) is 0 Å². The van der Waals surface area contributed by atoms with Gasteiger partial charge in [-0.05, 0) is 26.2 Å². The van der Waals surface area contributed by atoms with Crippen LogP contribution >= 0.6 is 0 Å². The van der Waals surface area contributed by atoms with Gasteiger partial charge in [0.25, 0.3) is 0 Å². The number of ether oxygens (including phenoxy) is 2. The smallest absolute Gasteiger partial charge is 0.170 e. The summed E-state index contributed by atoms with van der Waals surface area (Å²) >= 11 is 0. The number of unbranched alkanes of at least 4 members (excludes halogenated alkanes) is 5. The summed E-state index contributed by atoms with van der Waals surface area (Å²) in [6, 6.07) is 0. The summed E-state index contributed by atoms with van der Waals surface area (Å²) in [5.74, 6) is -0.457. The molecule has 0 heterocycles. The van der Waals surface area contributed by atoms with E-state index in [1.54, 1.807) is 14.2 Å². The van der Waals surface area contributed by atoms with Gasteiger partial charge in [0.05, 0.1) is 0 Å². The van der Waals surface area contributed by atoms with Crippen LogP contribution in [-0.4, -0.2) is 20.0 Å². The fourth-order valence-corrected chi connectivity index (χ4v) is 3.49. The first-order valence-electron chi connectivity index (χ1n) is 8.66. The second kappa shape index (κ2) is 10.6. The summed E-state index contributed by atoms with van der Waals surface area (Å²) in [7, 11) is 3.57. The minimum atomic E-state index is -0.457. The third-order valence-electron chi connectivity index (χ3n) is 5.16. The molecule has 0 spiro atoms. The van der Waals surface area contributed by atoms with E-state index in [9.17, 15) is 0 Å². The van der Waals surface area contributed by atoms with Crippen LogP contribution in [-0.2, 0) is 9.47 Å². The van der Waals surface area contributed by atoms with Gasteiger partial charge in [-0.1, -0.05) is 65.7 Å². The second-order valence-electron chi connectivity index (χ2n) is 6.26. The summed E-state index contributed by atoms with van der Waals surface area (Å²) < 4.78 is 11.5. The van der Waals surface area contributed by atoms with Crippen molar-refractivity contribution >= 4 is 0 Å². The quantitative estimate of drug-likeness (QED) is 0.308. The molecular weight excluding hydrogens is 248 g/mol. The number of hydrogen-bond donors (Lipinski definition) is 0. The summed E-state index contributed by atoms with van der Waals surface area (Å²) in [6.45, 7) is 8.93. The van der Waals surface area contributed by atoms with E-state index in [2.05, 4.69) is 27.7 Å². The molecule has 0 rings (SSSR count). The van der Waals surface area contributed by atoms with E-state index < -0.39 is 5.79 Å². The van der Waals surface area contributed by atoms with Gasteiger partial charge in [-0.2, -0.15) is 0 Å². The Hall–Kier alpha value is -0.0800. The van der Waals surface area contributed by atoms with Crippen LogP contribution in [0.25, 0.3) is 0 Å². The Morgan fingerprint density at radius 2 is 1.25 bits per heavy atom. The molecule has 0 aromatic rings.